The van der Waals surface area contributed by atoms with Crippen LogP contribution in [0, 0.1) is 0 Å². The van der Waals surface area contributed by atoms with E-state index in [1.807, 2.05) is 16.9 Å². The van der Waals surface area contributed by atoms with Crippen molar-refractivity contribution in [3.05, 3.63) is 72.2 Å². The molecule has 1 aromatic carbocycles. The van der Waals surface area contributed by atoms with E-state index in [0.29, 0.717) is 12.6 Å². The van der Waals surface area contributed by atoms with Gasteiger partial charge in [0.05, 0.1) is 29.2 Å². The van der Waals surface area contributed by atoms with Gasteiger partial charge < -0.3 is 5.32 Å². The van der Waals surface area contributed by atoms with E-state index in [9.17, 15) is 26.4 Å². The van der Waals surface area contributed by atoms with E-state index in [1.165, 1.54) is 10.7 Å². The number of alkyl halides is 3. The summed E-state index contributed by atoms with van der Waals surface area (Å²) in [6, 6.07) is 10.2. The van der Waals surface area contributed by atoms with E-state index in [1.54, 1.807) is 18.5 Å². The highest BCUT2D eigenvalue weighted by atomic mass is 32.2. The maximum absolute atomic E-state index is 12.8. The normalized spacial score (nSPS) is 12.0. The molecular formula is C18H16F3N5O3S. The Kier molecular flexibility index (Phi) is 6.17. The zero-order valence-corrected chi connectivity index (χ0v) is 16.1. The van der Waals surface area contributed by atoms with Crippen LogP contribution in [0.2, 0.25) is 0 Å². The predicted octanol–water partition coefficient (Wildman–Crippen LogP) is 2.26. The van der Waals surface area contributed by atoms with Gasteiger partial charge in [0.25, 0.3) is 0 Å². The molecule has 2 aromatic heterocycles. The van der Waals surface area contributed by atoms with Crippen LogP contribution in [0.15, 0.2) is 65.8 Å². The van der Waals surface area contributed by atoms with Crippen molar-refractivity contribution in [2.75, 3.05) is 11.9 Å². The van der Waals surface area contributed by atoms with E-state index in [-0.39, 0.29) is 5.82 Å². The Morgan fingerprint density at radius 2 is 1.90 bits per heavy atom. The number of anilines is 1. The zero-order valence-electron chi connectivity index (χ0n) is 15.3. The first-order valence-corrected chi connectivity index (χ1v) is 10.0. The molecule has 30 heavy (non-hydrogen) atoms. The summed E-state index contributed by atoms with van der Waals surface area (Å²) >= 11 is 0. The molecule has 0 saturated heterocycles. The van der Waals surface area contributed by atoms with Crippen LogP contribution in [0.4, 0.5) is 19.0 Å². The van der Waals surface area contributed by atoms with Crippen LogP contribution in [0.25, 0.3) is 0 Å². The highest BCUT2D eigenvalue weighted by molar-refractivity contribution is 7.89. The zero-order chi connectivity index (χ0) is 21.8. The van der Waals surface area contributed by atoms with Crippen LogP contribution in [0.5, 0.6) is 0 Å². The van der Waals surface area contributed by atoms with E-state index >= 15 is 0 Å². The smallest absolute Gasteiger partial charge is 0.308 e. The molecule has 3 aromatic rings. The lowest BCUT2D eigenvalue weighted by atomic mass is 10.2. The highest BCUT2D eigenvalue weighted by Crippen LogP contribution is 2.30. The Morgan fingerprint density at radius 1 is 1.10 bits per heavy atom. The summed E-state index contributed by atoms with van der Waals surface area (Å²) < 4.78 is 66.2. The number of benzene rings is 1. The molecule has 1 amide bonds. The first-order valence-electron chi connectivity index (χ1n) is 8.54. The molecule has 8 nitrogen and oxygen atoms in total. The maximum Gasteiger partial charge on any atom is 0.416 e. The van der Waals surface area contributed by atoms with Crippen LogP contribution in [-0.4, -0.2) is 35.6 Å². The van der Waals surface area contributed by atoms with Crippen LogP contribution < -0.4 is 10.0 Å². The summed E-state index contributed by atoms with van der Waals surface area (Å²) in [5.41, 5.74) is -0.347. The van der Waals surface area contributed by atoms with Crippen molar-refractivity contribution < 1.29 is 26.4 Å². The van der Waals surface area contributed by atoms with Crippen molar-refractivity contribution in [2.24, 2.45) is 0 Å². The van der Waals surface area contributed by atoms with Crippen molar-refractivity contribution in [2.45, 2.75) is 17.6 Å². The Hall–Kier alpha value is -3.25. The second-order valence-electron chi connectivity index (χ2n) is 6.12. The standard InChI is InChI=1S/C18H16F3N5O3S/c19-18(20,21)13-4-3-6-15(10-13)30(28,29)23-11-17(27)24-16-7-9-26(25-16)12-14-5-1-2-8-22-14/h1-10,23H,11-12H2,(H,24,25,27). The van der Waals surface area contributed by atoms with Gasteiger partial charge in [-0.1, -0.05) is 12.1 Å². The maximum atomic E-state index is 12.8. The third-order valence-corrected chi connectivity index (χ3v) is 5.25. The third-order valence-electron chi connectivity index (χ3n) is 3.85. The van der Waals surface area contributed by atoms with Crippen LogP contribution in [0.1, 0.15) is 11.3 Å². The number of carbonyl (C=O) groups excluding carboxylic acids is 1. The third kappa shape index (κ3) is 5.64. The molecule has 0 bridgehead atoms. The van der Waals surface area contributed by atoms with Crippen molar-refractivity contribution in [3.63, 3.8) is 0 Å². The number of sulfonamides is 1. The fourth-order valence-corrected chi connectivity index (χ4v) is 3.47. The van der Waals surface area contributed by atoms with E-state index in [2.05, 4.69) is 15.4 Å². The summed E-state index contributed by atoms with van der Waals surface area (Å²) in [6.07, 6.45) is -1.44. The Labute approximate surface area is 169 Å². The van der Waals surface area contributed by atoms with Crippen molar-refractivity contribution >= 4 is 21.7 Å². The number of rotatable bonds is 7. The van der Waals surface area contributed by atoms with Gasteiger partial charge in [-0.05, 0) is 30.3 Å². The summed E-state index contributed by atoms with van der Waals surface area (Å²) in [7, 11) is -4.31. The van der Waals surface area contributed by atoms with Crippen molar-refractivity contribution in [1.82, 2.24) is 19.5 Å². The highest BCUT2D eigenvalue weighted by Gasteiger charge is 2.31. The molecule has 2 N–H and O–H groups in total. The topological polar surface area (TPSA) is 106 Å². The monoisotopic (exact) mass is 439 g/mol. The Bertz CT molecular complexity index is 1130. The van der Waals surface area contributed by atoms with Gasteiger partial charge >= 0.3 is 6.18 Å². The second-order valence-corrected chi connectivity index (χ2v) is 7.88. The minimum Gasteiger partial charge on any atom is -0.308 e. The van der Waals surface area contributed by atoms with Gasteiger partial charge in [-0.15, -0.1) is 0 Å². The lowest BCUT2D eigenvalue weighted by Gasteiger charge is -2.10. The molecular weight excluding hydrogens is 423 g/mol. The molecule has 0 spiro atoms. The lowest BCUT2D eigenvalue weighted by Crippen LogP contribution is -2.33. The average molecular weight is 439 g/mol. The van der Waals surface area contributed by atoms with Gasteiger partial charge in [0.2, 0.25) is 15.9 Å². The van der Waals surface area contributed by atoms with Gasteiger partial charge in [0.1, 0.15) is 0 Å². The molecule has 0 radical (unpaired) electrons. The van der Waals surface area contributed by atoms with Crippen molar-refractivity contribution in [3.8, 4) is 0 Å². The fraction of sp³-hybridized carbons (Fsp3) is 0.167. The van der Waals surface area contributed by atoms with E-state index in [4.69, 9.17) is 0 Å². The van der Waals surface area contributed by atoms with Gasteiger partial charge in [0, 0.05) is 18.5 Å². The summed E-state index contributed by atoms with van der Waals surface area (Å²) in [5, 5.41) is 6.54. The van der Waals surface area contributed by atoms with Crippen molar-refractivity contribution in [1.29, 1.82) is 0 Å². The van der Waals surface area contributed by atoms with E-state index in [0.717, 1.165) is 23.9 Å². The van der Waals surface area contributed by atoms with Gasteiger partial charge in [0.15, 0.2) is 5.82 Å². The average Bonchev–Trinajstić information content (AvgIpc) is 3.13. The molecule has 158 valence electrons. The summed E-state index contributed by atoms with van der Waals surface area (Å²) in [6.45, 7) is -0.301. The number of pyridine rings is 1. The second kappa shape index (κ2) is 8.63. The summed E-state index contributed by atoms with van der Waals surface area (Å²) in [5.74, 6) is -0.539. The van der Waals surface area contributed by atoms with Crippen LogP contribution in [0.3, 0.4) is 0 Å². The number of carbonyl (C=O) groups is 1. The molecule has 12 heteroatoms. The molecule has 0 saturated carbocycles. The largest absolute Gasteiger partial charge is 0.416 e. The lowest BCUT2D eigenvalue weighted by molar-refractivity contribution is -0.137. The molecule has 0 aliphatic heterocycles. The Morgan fingerprint density at radius 3 is 2.60 bits per heavy atom. The van der Waals surface area contributed by atoms with Gasteiger partial charge in [-0.25, -0.2) is 13.1 Å². The Balaban J connectivity index is 1.58. The molecule has 2 heterocycles. The quantitative estimate of drug-likeness (QED) is 0.588. The minimum atomic E-state index is -4.68. The van der Waals surface area contributed by atoms with Crippen LogP contribution in [-0.2, 0) is 27.5 Å². The van der Waals surface area contributed by atoms with Gasteiger partial charge in [-0.2, -0.15) is 18.3 Å². The number of nitrogens with zero attached hydrogens (tertiary/aromatic N) is 3. The number of aromatic nitrogens is 3. The first-order chi connectivity index (χ1) is 14.1. The number of hydrogen-bond donors (Lipinski definition) is 2. The molecule has 3 rings (SSSR count). The fourth-order valence-electron chi connectivity index (χ4n) is 2.44. The molecule has 0 fully saturated rings. The molecule has 0 unspecified atom stereocenters. The molecule has 0 aliphatic rings. The first kappa shape index (κ1) is 21.5. The number of hydrogen-bond acceptors (Lipinski definition) is 5. The predicted molar refractivity (Wildman–Crippen MR) is 101 cm³/mol. The minimum absolute atomic E-state index is 0.189. The number of amides is 1. The molecule has 0 atom stereocenters. The van der Waals surface area contributed by atoms with Gasteiger partial charge in [-0.3, -0.25) is 14.5 Å². The number of nitrogens with one attached hydrogen (secondary N) is 2. The molecule has 0 aliphatic carbocycles. The number of halogens is 3. The SMILES string of the molecule is O=C(CNS(=O)(=O)c1cccc(C(F)(F)F)c1)Nc1ccn(Cc2ccccn2)n1. The van der Waals surface area contributed by atoms with Crippen LogP contribution >= 0.6 is 0 Å². The summed E-state index contributed by atoms with van der Waals surface area (Å²) in [4.78, 5) is 15.6. The van der Waals surface area contributed by atoms with E-state index < -0.39 is 39.1 Å².